The number of rotatable bonds is 7. The zero-order valence-electron chi connectivity index (χ0n) is 14.4. The van der Waals surface area contributed by atoms with Gasteiger partial charge in [0.05, 0.1) is 23.0 Å². The van der Waals surface area contributed by atoms with Gasteiger partial charge in [-0.3, -0.25) is 14.4 Å². The van der Waals surface area contributed by atoms with E-state index >= 15 is 0 Å². The Balaban J connectivity index is 1.78. The van der Waals surface area contributed by atoms with Crippen LogP contribution >= 0.6 is 23.1 Å². The molecule has 2 N–H and O–H groups in total. The zero-order chi connectivity index (χ0) is 18.5. The standard InChI is InChI=1S/C18H19N3O3S2/c1-3-24-21-16(22)11(2)25-10-14-19-17(23)15-13(9-26-18(15)20-14)12-7-5-4-6-8-12/h4-9,11H,3,10H2,1-2H3,(H,21,22)(H,19,20,23). The van der Waals surface area contributed by atoms with E-state index in [1.807, 2.05) is 35.7 Å². The van der Waals surface area contributed by atoms with Crippen LogP contribution in [0, 0.1) is 0 Å². The van der Waals surface area contributed by atoms with Gasteiger partial charge in [-0.1, -0.05) is 30.3 Å². The molecule has 2 aromatic heterocycles. The summed E-state index contributed by atoms with van der Waals surface area (Å²) in [5.74, 6) is 0.789. The van der Waals surface area contributed by atoms with Crippen molar-refractivity contribution in [2.75, 3.05) is 6.61 Å². The number of aromatic nitrogens is 2. The van der Waals surface area contributed by atoms with Crippen LogP contribution in [0.25, 0.3) is 21.3 Å². The van der Waals surface area contributed by atoms with E-state index in [0.717, 1.165) is 11.1 Å². The van der Waals surface area contributed by atoms with Gasteiger partial charge in [-0.25, -0.2) is 10.5 Å². The van der Waals surface area contributed by atoms with Crippen LogP contribution < -0.4 is 11.0 Å². The van der Waals surface area contributed by atoms with Gasteiger partial charge in [0.15, 0.2) is 0 Å². The average Bonchev–Trinajstić information content (AvgIpc) is 3.09. The molecule has 0 saturated carbocycles. The Hall–Kier alpha value is -2.16. The van der Waals surface area contributed by atoms with E-state index in [4.69, 9.17) is 4.84 Å². The third kappa shape index (κ3) is 4.14. The molecule has 1 amide bonds. The quantitative estimate of drug-likeness (QED) is 0.606. The molecule has 6 nitrogen and oxygen atoms in total. The summed E-state index contributed by atoms with van der Waals surface area (Å²) in [7, 11) is 0. The van der Waals surface area contributed by atoms with Crippen molar-refractivity contribution in [2.45, 2.75) is 24.9 Å². The molecule has 0 spiro atoms. The minimum Gasteiger partial charge on any atom is -0.309 e. The first kappa shape index (κ1) is 18.6. The number of fused-ring (bicyclic) bond motifs is 1. The van der Waals surface area contributed by atoms with E-state index in [1.54, 1.807) is 13.8 Å². The molecule has 136 valence electrons. The van der Waals surface area contributed by atoms with Crippen LogP contribution in [0.4, 0.5) is 0 Å². The molecule has 3 aromatic rings. The maximum Gasteiger partial charge on any atom is 0.260 e. The van der Waals surface area contributed by atoms with Gasteiger partial charge in [0.1, 0.15) is 10.7 Å². The van der Waals surface area contributed by atoms with Crippen molar-refractivity contribution >= 4 is 39.2 Å². The number of carbonyl (C=O) groups excluding carboxylic acids is 1. The number of thiophene rings is 1. The molecule has 0 fully saturated rings. The molecule has 8 heteroatoms. The third-order valence-corrected chi connectivity index (χ3v) is 5.76. The fourth-order valence-electron chi connectivity index (χ4n) is 2.40. The van der Waals surface area contributed by atoms with E-state index in [9.17, 15) is 9.59 Å². The first-order chi connectivity index (χ1) is 12.6. The Morgan fingerprint density at radius 1 is 1.38 bits per heavy atom. The van der Waals surface area contributed by atoms with Gasteiger partial charge in [-0.15, -0.1) is 23.1 Å². The second-order valence-electron chi connectivity index (χ2n) is 5.56. The Labute approximate surface area is 159 Å². The van der Waals surface area contributed by atoms with E-state index in [-0.39, 0.29) is 16.7 Å². The molecule has 0 aliphatic carbocycles. The normalized spacial score (nSPS) is 12.2. The van der Waals surface area contributed by atoms with Crippen molar-refractivity contribution < 1.29 is 9.63 Å². The monoisotopic (exact) mass is 389 g/mol. The Morgan fingerprint density at radius 3 is 2.88 bits per heavy atom. The summed E-state index contributed by atoms with van der Waals surface area (Å²) < 4.78 is 0. The van der Waals surface area contributed by atoms with Gasteiger partial charge in [-0.05, 0) is 19.4 Å². The van der Waals surface area contributed by atoms with Crippen LogP contribution in [0.5, 0.6) is 0 Å². The topological polar surface area (TPSA) is 84.1 Å². The molecule has 1 unspecified atom stereocenters. The Bertz CT molecular complexity index is 953. The highest BCUT2D eigenvalue weighted by molar-refractivity contribution is 7.99. The van der Waals surface area contributed by atoms with Crippen LogP contribution in [0.3, 0.4) is 0 Å². The number of aromatic amines is 1. The summed E-state index contributed by atoms with van der Waals surface area (Å²) in [6, 6.07) is 9.78. The summed E-state index contributed by atoms with van der Waals surface area (Å²) >= 11 is 2.84. The second-order valence-corrected chi connectivity index (χ2v) is 7.75. The van der Waals surface area contributed by atoms with Crippen LogP contribution in [-0.2, 0) is 15.4 Å². The summed E-state index contributed by atoms with van der Waals surface area (Å²) in [5, 5.41) is 2.25. The summed E-state index contributed by atoms with van der Waals surface area (Å²) in [4.78, 5) is 37.4. The third-order valence-electron chi connectivity index (χ3n) is 3.73. The molecular formula is C18H19N3O3S2. The van der Waals surface area contributed by atoms with Crippen molar-refractivity contribution in [1.29, 1.82) is 0 Å². The zero-order valence-corrected chi connectivity index (χ0v) is 16.1. The van der Waals surface area contributed by atoms with E-state index in [1.165, 1.54) is 23.1 Å². The van der Waals surface area contributed by atoms with Crippen LogP contribution in [-0.4, -0.2) is 27.7 Å². The molecule has 1 atom stereocenters. The number of thioether (sulfide) groups is 1. The number of hydrogen-bond donors (Lipinski definition) is 2. The lowest BCUT2D eigenvalue weighted by Crippen LogP contribution is -2.31. The van der Waals surface area contributed by atoms with Crippen molar-refractivity contribution in [3.05, 3.63) is 51.9 Å². The van der Waals surface area contributed by atoms with Gasteiger partial charge in [-0.2, -0.15) is 0 Å². The number of benzene rings is 1. The van der Waals surface area contributed by atoms with Gasteiger partial charge >= 0.3 is 0 Å². The van der Waals surface area contributed by atoms with Gasteiger partial charge in [0.2, 0.25) is 0 Å². The highest BCUT2D eigenvalue weighted by atomic mass is 32.2. The number of hydroxylamine groups is 1. The number of hydrogen-bond acceptors (Lipinski definition) is 6. The molecule has 26 heavy (non-hydrogen) atoms. The Kier molecular flexibility index (Phi) is 6.08. The van der Waals surface area contributed by atoms with Crippen molar-refractivity contribution in [1.82, 2.24) is 15.4 Å². The van der Waals surface area contributed by atoms with Crippen LogP contribution in [0.1, 0.15) is 19.7 Å². The fourth-order valence-corrected chi connectivity index (χ4v) is 4.11. The minimum atomic E-state index is -0.314. The molecule has 2 heterocycles. The number of carbonyl (C=O) groups is 1. The largest absolute Gasteiger partial charge is 0.309 e. The van der Waals surface area contributed by atoms with Crippen molar-refractivity contribution in [3.8, 4) is 11.1 Å². The summed E-state index contributed by atoms with van der Waals surface area (Å²) in [5.41, 5.74) is 4.11. The fraction of sp³-hybridized carbons (Fsp3) is 0.278. The maximum atomic E-state index is 12.6. The van der Waals surface area contributed by atoms with Crippen LogP contribution in [0.15, 0.2) is 40.5 Å². The molecular weight excluding hydrogens is 370 g/mol. The highest BCUT2D eigenvalue weighted by Crippen LogP contribution is 2.30. The smallest absolute Gasteiger partial charge is 0.260 e. The predicted octanol–water partition coefficient (Wildman–Crippen LogP) is 3.34. The minimum absolute atomic E-state index is 0.155. The van der Waals surface area contributed by atoms with Gasteiger partial charge in [0.25, 0.3) is 11.5 Å². The number of nitrogens with one attached hydrogen (secondary N) is 2. The summed E-state index contributed by atoms with van der Waals surface area (Å²) in [6.07, 6.45) is 0. The Morgan fingerprint density at radius 2 is 2.15 bits per heavy atom. The molecule has 0 bridgehead atoms. The number of amides is 1. The molecule has 0 radical (unpaired) electrons. The first-order valence-corrected chi connectivity index (χ1v) is 10.1. The van der Waals surface area contributed by atoms with E-state index in [2.05, 4.69) is 15.4 Å². The summed E-state index contributed by atoms with van der Waals surface area (Å²) in [6.45, 7) is 4.00. The highest BCUT2D eigenvalue weighted by Gasteiger charge is 2.16. The lowest BCUT2D eigenvalue weighted by molar-refractivity contribution is -0.132. The maximum absolute atomic E-state index is 12.6. The van der Waals surface area contributed by atoms with E-state index < -0.39 is 0 Å². The second kappa shape index (κ2) is 8.48. The van der Waals surface area contributed by atoms with Gasteiger partial charge in [0, 0.05) is 10.9 Å². The van der Waals surface area contributed by atoms with Crippen LogP contribution in [0.2, 0.25) is 0 Å². The molecule has 3 rings (SSSR count). The van der Waals surface area contributed by atoms with Crippen molar-refractivity contribution in [3.63, 3.8) is 0 Å². The van der Waals surface area contributed by atoms with Gasteiger partial charge < -0.3 is 4.98 Å². The molecule has 0 aliphatic rings. The van der Waals surface area contributed by atoms with Crippen molar-refractivity contribution in [2.24, 2.45) is 0 Å². The average molecular weight is 390 g/mol. The molecule has 0 saturated heterocycles. The lowest BCUT2D eigenvalue weighted by Gasteiger charge is -2.10. The number of nitrogens with zero attached hydrogens (tertiary/aromatic N) is 1. The molecule has 1 aromatic carbocycles. The van der Waals surface area contributed by atoms with E-state index in [0.29, 0.717) is 28.4 Å². The SMILES string of the molecule is CCONC(=O)C(C)SCc1nc2scc(-c3ccccc3)c2c(=O)[nH]1. The lowest BCUT2D eigenvalue weighted by atomic mass is 10.1. The number of H-pyrrole nitrogens is 1. The molecule has 0 aliphatic heterocycles. The first-order valence-electron chi connectivity index (χ1n) is 8.19. The predicted molar refractivity (Wildman–Crippen MR) is 106 cm³/mol.